The lowest BCUT2D eigenvalue weighted by Gasteiger charge is -2.09. The smallest absolute Gasteiger partial charge is 0.348 e. The van der Waals surface area contributed by atoms with Crippen molar-refractivity contribution in [1.29, 1.82) is 0 Å². The van der Waals surface area contributed by atoms with Crippen molar-refractivity contribution in [2.24, 2.45) is 0 Å². The van der Waals surface area contributed by atoms with Crippen LogP contribution in [0, 0.1) is 0 Å². The second-order valence-corrected chi connectivity index (χ2v) is 6.17. The zero-order chi connectivity index (χ0) is 18.5. The average molecular weight is 365 g/mol. The number of rotatable bonds is 3. The van der Waals surface area contributed by atoms with Crippen molar-refractivity contribution in [2.45, 2.75) is 13.3 Å². The summed E-state index contributed by atoms with van der Waals surface area (Å²) < 4.78 is 12.1. The van der Waals surface area contributed by atoms with Gasteiger partial charge >= 0.3 is 5.69 Å². The van der Waals surface area contributed by atoms with Crippen LogP contribution in [0.25, 0.3) is 28.0 Å². The Bertz CT molecular complexity index is 1240. The van der Waals surface area contributed by atoms with Crippen LogP contribution in [0.5, 0.6) is 17.2 Å². The molecule has 0 saturated heterocycles. The summed E-state index contributed by atoms with van der Waals surface area (Å²) in [5.41, 5.74) is 2.15. The molecule has 1 aliphatic heterocycles. The minimum Gasteiger partial charge on any atom is -0.507 e. The number of nitrogens with zero attached hydrogens (tertiary/aromatic N) is 3. The van der Waals surface area contributed by atoms with Gasteiger partial charge in [-0.05, 0) is 24.6 Å². The molecule has 3 heterocycles. The molecule has 0 aliphatic carbocycles. The minimum atomic E-state index is -0.425. The van der Waals surface area contributed by atoms with Crippen LogP contribution in [0.3, 0.4) is 0 Å². The van der Waals surface area contributed by atoms with Crippen molar-refractivity contribution in [2.75, 3.05) is 6.79 Å². The number of hydrogen-bond acceptors (Lipinski definition) is 6. The van der Waals surface area contributed by atoms with Gasteiger partial charge in [-0.2, -0.15) is 10.2 Å². The van der Waals surface area contributed by atoms with Gasteiger partial charge in [-0.25, -0.2) is 14.5 Å². The number of benzene rings is 2. The molecule has 27 heavy (non-hydrogen) atoms. The van der Waals surface area contributed by atoms with Gasteiger partial charge in [0.25, 0.3) is 0 Å². The highest BCUT2D eigenvalue weighted by Gasteiger charge is 2.21. The average Bonchev–Trinajstić information content (AvgIpc) is 3.37. The summed E-state index contributed by atoms with van der Waals surface area (Å²) in [6, 6.07) is 8.51. The Balaban J connectivity index is 1.72. The highest BCUT2D eigenvalue weighted by Crippen LogP contribution is 2.36. The van der Waals surface area contributed by atoms with E-state index in [0.717, 1.165) is 17.5 Å². The fraction of sp³-hybridized carbons (Fsp3) is 0.167. The highest BCUT2D eigenvalue weighted by molar-refractivity contribution is 5.89. The molecular weight excluding hydrogens is 350 g/mol. The molecule has 0 atom stereocenters. The fourth-order valence-electron chi connectivity index (χ4n) is 3.29. The number of aromatic hydroxyl groups is 1. The molecule has 0 radical (unpaired) electrons. The largest absolute Gasteiger partial charge is 0.507 e. The number of ether oxygens (including phenoxy) is 2. The first-order valence-corrected chi connectivity index (χ1v) is 8.43. The summed E-state index contributed by atoms with van der Waals surface area (Å²) in [7, 11) is 0. The first kappa shape index (κ1) is 15.5. The Labute approximate surface area is 152 Å². The van der Waals surface area contributed by atoms with E-state index in [4.69, 9.17) is 9.47 Å². The molecule has 0 bridgehead atoms. The van der Waals surface area contributed by atoms with Gasteiger partial charge in [0.2, 0.25) is 6.79 Å². The van der Waals surface area contributed by atoms with Crippen molar-refractivity contribution >= 4 is 10.9 Å². The molecule has 2 aromatic carbocycles. The Morgan fingerprint density at radius 3 is 2.85 bits per heavy atom. The van der Waals surface area contributed by atoms with Gasteiger partial charge in [-0.3, -0.25) is 5.10 Å². The molecule has 136 valence electrons. The standard InChI is InChI=1S/C18H15N5O4/c1-2-12-10-6-11(14(24)7-13(10)20-19-12)17-21-22-18(25)23(17)9-3-4-15-16(5-9)27-8-26-15/h3-7,24H,2,8H2,1H3,(H,19,20)(H,22,25). The van der Waals surface area contributed by atoms with E-state index in [1.54, 1.807) is 30.3 Å². The molecule has 0 fully saturated rings. The Morgan fingerprint density at radius 1 is 1.15 bits per heavy atom. The minimum absolute atomic E-state index is 0.0161. The molecule has 5 rings (SSSR count). The van der Waals surface area contributed by atoms with Crippen molar-refractivity contribution in [3.63, 3.8) is 0 Å². The van der Waals surface area contributed by atoms with E-state index < -0.39 is 5.69 Å². The van der Waals surface area contributed by atoms with Crippen molar-refractivity contribution in [3.05, 3.63) is 46.5 Å². The zero-order valence-corrected chi connectivity index (χ0v) is 14.3. The van der Waals surface area contributed by atoms with E-state index >= 15 is 0 Å². The lowest BCUT2D eigenvalue weighted by Crippen LogP contribution is -2.15. The third-order valence-electron chi connectivity index (χ3n) is 4.63. The van der Waals surface area contributed by atoms with Gasteiger partial charge in [0.15, 0.2) is 17.3 Å². The number of nitrogens with one attached hydrogen (secondary N) is 2. The lowest BCUT2D eigenvalue weighted by atomic mass is 10.1. The topological polar surface area (TPSA) is 118 Å². The number of phenolic OH excluding ortho intramolecular Hbond substituents is 1. The molecular formula is C18H15N5O4. The number of hydrogen-bond donors (Lipinski definition) is 3. The monoisotopic (exact) mass is 365 g/mol. The molecule has 1 aliphatic rings. The number of aromatic nitrogens is 5. The normalized spacial score (nSPS) is 12.8. The van der Waals surface area contributed by atoms with E-state index in [9.17, 15) is 9.90 Å². The molecule has 9 nitrogen and oxygen atoms in total. The van der Waals surface area contributed by atoms with Crippen LogP contribution in [-0.2, 0) is 6.42 Å². The number of phenols is 1. The molecule has 9 heteroatoms. The maximum absolute atomic E-state index is 12.4. The zero-order valence-electron chi connectivity index (χ0n) is 14.3. The molecule has 0 saturated carbocycles. The summed E-state index contributed by atoms with van der Waals surface area (Å²) in [6.45, 7) is 2.15. The van der Waals surface area contributed by atoms with Gasteiger partial charge in [0, 0.05) is 23.2 Å². The first-order valence-electron chi connectivity index (χ1n) is 8.43. The van der Waals surface area contributed by atoms with Crippen LogP contribution in [0.2, 0.25) is 0 Å². The van der Waals surface area contributed by atoms with Crippen LogP contribution in [0.1, 0.15) is 12.6 Å². The number of H-pyrrole nitrogens is 2. The predicted molar refractivity (Wildman–Crippen MR) is 96.4 cm³/mol. The maximum Gasteiger partial charge on any atom is 0.348 e. The van der Waals surface area contributed by atoms with Crippen LogP contribution >= 0.6 is 0 Å². The molecule has 0 spiro atoms. The molecule has 0 amide bonds. The van der Waals surface area contributed by atoms with Crippen LogP contribution in [-0.4, -0.2) is 36.9 Å². The quantitative estimate of drug-likeness (QED) is 0.512. The van der Waals surface area contributed by atoms with E-state index in [-0.39, 0.29) is 12.5 Å². The van der Waals surface area contributed by atoms with Crippen molar-refractivity contribution < 1.29 is 14.6 Å². The number of aromatic amines is 2. The summed E-state index contributed by atoms with van der Waals surface area (Å²) in [5, 5.41) is 25.1. The van der Waals surface area contributed by atoms with E-state index in [1.807, 2.05) is 6.92 Å². The van der Waals surface area contributed by atoms with Gasteiger partial charge in [0.1, 0.15) is 5.75 Å². The van der Waals surface area contributed by atoms with E-state index in [2.05, 4.69) is 20.4 Å². The van der Waals surface area contributed by atoms with E-state index in [1.165, 1.54) is 4.57 Å². The summed E-state index contributed by atoms with van der Waals surface area (Å²) in [5.74, 6) is 1.44. The maximum atomic E-state index is 12.4. The van der Waals surface area contributed by atoms with Crippen molar-refractivity contribution in [1.82, 2.24) is 25.0 Å². The second kappa shape index (κ2) is 5.63. The van der Waals surface area contributed by atoms with Gasteiger partial charge in [-0.15, -0.1) is 0 Å². The SMILES string of the molecule is CCc1[nH]nc2cc(O)c(-c3n[nH]c(=O)n3-c3ccc4c(c3)OCO4)cc12. The first-order chi connectivity index (χ1) is 13.2. The summed E-state index contributed by atoms with van der Waals surface area (Å²) >= 11 is 0. The van der Waals surface area contributed by atoms with Gasteiger partial charge in [0.05, 0.1) is 16.8 Å². The third-order valence-corrected chi connectivity index (χ3v) is 4.63. The summed E-state index contributed by atoms with van der Waals surface area (Å²) in [4.78, 5) is 12.4. The number of aryl methyl sites for hydroxylation is 1. The highest BCUT2D eigenvalue weighted by atomic mass is 16.7. The molecule has 0 unspecified atom stereocenters. The third kappa shape index (κ3) is 2.28. The van der Waals surface area contributed by atoms with Crippen LogP contribution in [0.15, 0.2) is 35.1 Å². The predicted octanol–water partition coefficient (Wildman–Crippen LogP) is 2.10. The van der Waals surface area contributed by atoms with Gasteiger partial charge in [-0.1, -0.05) is 6.92 Å². The van der Waals surface area contributed by atoms with E-state index in [0.29, 0.717) is 34.1 Å². The van der Waals surface area contributed by atoms with Crippen LogP contribution < -0.4 is 15.2 Å². The number of fused-ring (bicyclic) bond motifs is 2. The lowest BCUT2D eigenvalue weighted by molar-refractivity contribution is 0.174. The molecule has 3 N–H and O–H groups in total. The Kier molecular flexibility index (Phi) is 3.23. The van der Waals surface area contributed by atoms with Crippen molar-refractivity contribution in [3.8, 4) is 34.3 Å². The Morgan fingerprint density at radius 2 is 2.00 bits per heavy atom. The Hall–Kier alpha value is -3.75. The van der Waals surface area contributed by atoms with Crippen LogP contribution in [0.4, 0.5) is 0 Å². The fourth-order valence-corrected chi connectivity index (χ4v) is 3.29. The summed E-state index contributed by atoms with van der Waals surface area (Å²) in [6.07, 6.45) is 0.760. The molecule has 2 aromatic heterocycles. The second-order valence-electron chi connectivity index (χ2n) is 6.17. The molecule has 4 aromatic rings. The van der Waals surface area contributed by atoms with Gasteiger partial charge < -0.3 is 14.6 Å².